The van der Waals surface area contributed by atoms with Gasteiger partial charge in [0.1, 0.15) is 0 Å². The van der Waals surface area contributed by atoms with Crippen molar-refractivity contribution in [2.24, 2.45) is 11.8 Å². The molecular weight excluding hydrogens is 264 g/mol. The minimum absolute atomic E-state index is 0.00295. The van der Waals surface area contributed by atoms with Crippen LogP contribution in [-0.4, -0.2) is 61.5 Å². The Kier molecular flexibility index (Phi) is 6.93. The summed E-state index contributed by atoms with van der Waals surface area (Å²) in [5, 5.41) is 12.9. The molecule has 1 saturated carbocycles. The van der Waals surface area contributed by atoms with Crippen molar-refractivity contribution in [2.75, 3.05) is 33.3 Å². The molecule has 1 saturated heterocycles. The number of rotatable bonds is 6. The predicted octanol–water partition coefficient (Wildman–Crippen LogP) is 1.87. The molecule has 21 heavy (non-hydrogen) atoms. The Morgan fingerprint density at radius 1 is 1.29 bits per heavy atom. The van der Waals surface area contributed by atoms with E-state index in [4.69, 9.17) is 4.74 Å². The van der Waals surface area contributed by atoms with E-state index < -0.39 is 0 Å². The summed E-state index contributed by atoms with van der Waals surface area (Å²) in [5.41, 5.74) is 0. The van der Waals surface area contributed by atoms with Crippen molar-refractivity contribution in [2.45, 2.75) is 64.2 Å². The van der Waals surface area contributed by atoms with Crippen LogP contribution in [0.5, 0.6) is 0 Å². The van der Waals surface area contributed by atoms with Gasteiger partial charge in [0.2, 0.25) is 0 Å². The lowest BCUT2D eigenvalue weighted by atomic mass is 9.76. The van der Waals surface area contributed by atoms with Crippen LogP contribution in [0, 0.1) is 11.8 Å². The highest BCUT2D eigenvalue weighted by molar-refractivity contribution is 4.87. The minimum atomic E-state index is -0.00295. The normalized spacial score (nSPS) is 38.6. The second-order valence-electron chi connectivity index (χ2n) is 7.09. The largest absolute Gasteiger partial charge is 0.394 e. The molecule has 0 aromatic heterocycles. The van der Waals surface area contributed by atoms with Crippen molar-refractivity contribution in [1.29, 1.82) is 0 Å². The molecule has 124 valence electrons. The van der Waals surface area contributed by atoms with Gasteiger partial charge in [-0.05, 0) is 45.1 Å². The van der Waals surface area contributed by atoms with Crippen molar-refractivity contribution >= 4 is 0 Å². The summed E-state index contributed by atoms with van der Waals surface area (Å²) in [6.07, 6.45) is 6.98. The second-order valence-corrected chi connectivity index (χ2v) is 7.09. The van der Waals surface area contributed by atoms with Gasteiger partial charge in [-0.1, -0.05) is 19.8 Å². The van der Waals surface area contributed by atoms with Crippen LogP contribution in [0.2, 0.25) is 0 Å². The number of aliphatic hydroxyl groups excluding tert-OH is 1. The predicted molar refractivity (Wildman–Crippen MR) is 86.4 cm³/mol. The Morgan fingerprint density at radius 3 is 2.76 bits per heavy atom. The van der Waals surface area contributed by atoms with Crippen LogP contribution in [0.15, 0.2) is 0 Å². The average Bonchev–Trinajstić information content (AvgIpc) is 2.47. The van der Waals surface area contributed by atoms with Crippen molar-refractivity contribution in [1.82, 2.24) is 10.2 Å². The zero-order valence-electron chi connectivity index (χ0n) is 14.1. The number of hydrogen-bond donors (Lipinski definition) is 2. The van der Waals surface area contributed by atoms with Crippen molar-refractivity contribution < 1.29 is 9.84 Å². The van der Waals surface area contributed by atoms with Crippen LogP contribution in [-0.2, 0) is 4.74 Å². The smallest absolute Gasteiger partial charge is 0.0936 e. The Morgan fingerprint density at radius 2 is 2.10 bits per heavy atom. The molecule has 0 radical (unpaired) electrons. The number of nitrogens with zero attached hydrogens (tertiary/aromatic N) is 1. The van der Waals surface area contributed by atoms with Gasteiger partial charge in [0, 0.05) is 25.7 Å². The summed E-state index contributed by atoms with van der Waals surface area (Å²) in [6.45, 7) is 7.59. The number of hydrogen-bond acceptors (Lipinski definition) is 4. The molecule has 5 atom stereocenters. The standard InChI is InChI=1S/C17H34N2O2/c1-4-5-14-6-7-17(18-3)15(8-14)10-19-9-13(2)21-16(11-19)12-20/h13-18,20H,4-12H2,1-3H3. The van der Waals surface area contributed by atoms with Crippen LogP contribution < -0.4 is 5.32 Å². The molecule has 0 spiro atoms. The summed E-state index contributed by atoms with van der Waals surface area (Å²) in [4.78, 5) is 2.51. The number of morpholine rings is 1. The van der Waals surface area contributed by atoms with E-state index in [2.05, 4.69) is 31.1 Å². The fourth-order valence-electron chi connectivity index (χ4n) is 4.34. The lowest BCUT2D eigenvalue weighted by Crippen LogP contribution is -2.52. The number of ether oxygens (including phenoxy) is 1. The van der Waals surface area contributed by atoms with Crippen LogP contribution >= 0.6 is 0 Å². The zero-order chi connectivity index (χ0) is 15.2. The maximum atomic E-state index is 9.38. The van der Waals surface area contributed by atoms with Gasteiger partial charge in [0.15, 0.2) is 0 Å². The van der Waals surface area contributed by atoms with E-state index in [1.54, 1.807) is 0 Å². The fraction of sp³-hybridized carbons (Fsp3) is 1.00. The van der Waals surface area contributed by atoms with Gasteiger partial charge in [-0.15, -0.1) is 0 Å². The number of aliphatic hydroxyl groups is 1. The third-order valence-electron chi connectivity index (χ3n) is 5.26. The van der Waals surface area contributed by atoms with Crippen LogP contribution in [0.25, 0.3) is 0 Å². The first-order chi connectivity index (χ1) is 10.2. The summed E-state index contributed by atoms with van der Waals surface area (Å²) in [5.74, 6) is 1.65. The molecule has 2 fully saturated rings. The maximum absolute atomic E-state index is 9.38. The molecule has 4 heteroatoms. The third-order valence-corrected chi connectivity index (χ3v) is 5.26. The number of nitrogens with one attached hydrogen (secondary N) is 1. The summed E-state index contributed by atoms with van der Waals surface area (Å²) in [7, 11) is 2.11. The first kappa shape index (κ1) is 17.2. The van der Waals surface area contributed by atoms with Crippen molar-refractivity contribution in [3.8, 4) is 0 Å². The van der Waals surface area contributed by atoms with Gasteiger partial charge in [-0.2, -0.15) is 0 Å². The van der Waals surface area contributed by atoms with E-state index >= 15 is 0 Å². The van der Waals surface area contributed by atoms with Crippen LogP contribution in [0.3, 0.4) is 0 Å². The molecule has 0 amide bonds. The molecule has 0 aromatic carbocycles. The third kappa shape index (κ3) is 4.92. The molecule has 4 nitrogen and oxygen atoms in total. The molecule has 0 aromatic rings. The van der Waals surface area contributed by atoms with E-state index in [0.29, 0.717) is 6.04 Å². The maximum Gasteiger partial charge on any atom is 0.0936 e. The van der Waals surface area contributed by atoms with E-state index in [-0.39, 0.29) is 18.8 Å². The molecule has 2 rings (SSSR count). The highest BCUT2D eigenvalue weighted by Gasteiger charge is 2.33. The second kappa shape index (κ2) is 8.47. The van der Waals surface area contributed by atoms with E-state index in [0.717, 1.165) is 31.5 Å². The Labute approximate surface area is 130 Å². The Balaban J connectivity index is 1.91. The first-order valence-corrected chi connectivity index (χ1v) is 8.82. The topological polar surface area (TPSA) is 44.7 Å². The van der Waals surface area contributed by atoms with Crippen molar-refractivity contribution in [3.63, 3.8) is 0 Å². The molecule has 5 unspecified atom stereocenters. The Bertz CT molecular complexity index is 301. The van der Waals surface area contributed by atoms with Gasteiger partial charge < -0.3 is 15.2 Å². The highest BCUT2D eigenvalue weighted by atomic mass is 16.5. The summed E-state index contributed by atoms with van der Waals surface area (Å²) >= 11 is 0. The lowest BCUT2D eigenvalue weighted by molar-refractivity contribution is -0.0998. The molecule has 2 aliphatic rings. The average molecular weight is 298 g/mol. The van der Waals surface area contributed by atoms with Gasteiger partial charge in [-0.3, -0.25) is 4.90 Å². The SMILES string of the molecule is CCCC1CCC(NC)C(CN2CC(C)OC(CO)C2)C1. The molecule has 2 N–H and O–H groups in total. The highest BCUT2D eigenvalue weighted by Crippen LogP contribution is 2.33. The molecule has 1 aliphatic heterocycles. The van der Waals surface area contributed by atoms with Gasteiger partial charge in [0.25, 0.3) is 0 Å². The quantitative estimate of drug-likeness (QED) is 0.786. The molecular formula is C17H34N2O2. The molecule has 0 bridgehead atoms. The fourth-order valence-corrected chi connectivity index (χ4v) is 4.34. The summed E-state index contributed by atoms with van der Waals surface area (Å²) in [6, 6.07) is 0.656. The monoisotopic (exact) mass is 298 g/mol. The van der Waals surface area contributed by atoms with Crippen LogP contribution in [0.1, 0.15) is 46.0 Å². The zero-order valence-corrected chi connectivity index (χ0v) is 14.1. The van der Waals surface area contributed by atoms with E-state index in [1.165, 1.54) is 32.1 Å². The van der Waals surface area contributed by atoms with Gasteiger partial charge in [-0.25, -0.2) is 0 Å². The van der Waals surface area contributed by atoms with Crippen molar-refractivity contribution in [3.05, 3.63) is 0 Å². The van der Waals surface area contributed by atoms with Gasteiger partial charge >= 0.3 is 0 Å². The lowest BCUT2D eigenvalue weighted by Gasteiger charge is -2.42. The molecule has 1 heterocycles. The first-order valence-electron chi connectivity index (χ1n) is 8.82. The Hall–Kier alpha value is -0.160. The summed E-state index contributed by atoms with van der Waals surface area (Å²) < 4.78 is 5.76. The van der Waals surface area contributed by atoms with E-state index in [1.807, 2.05) is 0 Å². The van der Waals surface area contributed by atoms with E-state index in [9.17, 15) is 5.11 Å². The minimum Gasteiger partial charge on any atom is -0.394 e. The molecule has 1 aliphatic carbocycles. The van der Waals surface area contributed by atoms with Crippen LogP contribution in [0.4, 0.5) is 0 Å². The van der Waals surface area contributed by atoms with Gasteiger partial charge in [0.05, 0.1) is 18.8 Å².